The summed E-state index contributed by atoms with van der Waals surface area (Å²) in [6.45, 7) is 3.21. The van der Waals surface area contributed by atoms with Gasteiger partial charge < -0.3 is 14.8 Å². The smallest absolute Gasteiger partial charge is 0.263 e. The molecule has 0 aliphatic carbocycles. The highest BCUT2D eigenvalue weighted by atomic mass is 32.2. The van der Waals surface area contributed by atoms with Gasteiger partial charge in [0.25, 0.3) is 5.91 Å². The molecule has 0 bridgehead atoms. The maximum absolute atomic E-state index is 12.9. The molecule has 0 heterocycles. The summed E-state index contributed by atoms with van der Waals surface area (Å²) >= 11 is 0. The second-order valence-electron chi connectivity index (χ2n) is 6.40. The molecule has 0 spiro atoms. The van der Waals surface area contributed by atoms with Gasteiger partial charge in [-0.15, -0.1) is 0 Å². The molecular formula is C19H23FN2O5S. The summed E-state index contributed by atoms with van der Waals surface area (Å²) in [7, 11) is -2.20. The van der Waals surface area contributed by atoms with Crippen LogP contribution in [0.25, 0.3) is 0 Å². The summed E-state index contributed by atoms with van der Waals surface area (Å²) in [5.74, 6) is 0.0654. The number of hydrogen-bond acceptors (Lipinski definition) is 5. The molecule has 0 unspecified atom stereocenters. The topological polar surface area (TPSA) is 93.7 Å². The summed E-state index contributed by atoms with van der Waals surface area (Å²) in [6, 6.07) is 11.3. The summed E-state index contributed by atoms with van der Waals surface area (Å²) in [6.07, 6.45) is 0. The third-order valence-corrected chi connectivity index (χ3v) is 5.28. The van der Waals surface area contributed by atoms with Gasteiger partial charge in [-0.05, 0) is 62.4 Å². The van der Waals surface area contributed by atoms with Crippen molar-refractivity contribution >= 4 is 15.9 Å². The molecule has 0 aromatic heterocycles. The molecule has 0 aliphatic rings. The molecule has 0 radical (unpaired) electrons. The van der Waals surface area contributed by atoms with Crippen LogP contribution < -0.4 is 19.5 Å². The maximum atomic E-state index is 12.9. The molecule has 2 aromatic rings. The maximum Gasteiger partial charge on any atom is 0.263 e. The average molecular weight is 410 g/mol. The van der Waals surface area contributed by atoms with E-state index in [1.54, 1.807) is 26.0 Å². The Labute approximate surface area is 163 Å². The van der Waals surface area contributed by atoms with Crippen LogP contribution in [0.2, 0.25) is 0 Å². The lowest BCUT2D eigenvalue weighted by molar-refractivity contribution is -0.134. The quantitative estimate of drug-likeness (QED) is 0.618. The number of methoxy groups -OCH3 is 1. The second-order valence-corrected chi connectivity index (χ2v) is 8.16. The van der Waals surface area contributed by atoms with Crippen LogP contribution in [0.5, 0.6) is 11.5 Å². The standard InChI is InChI=1S/C19H23FN2O5S/c1-19(2,27-16-6-4-14(20)5-7-16)18(23)21-12-13-22-28(24,25)17-10-8-15(26-3)9-11-17/h4-11,22H,12-13H2,1-3H3,(H,21,23). The first kappa shape index (κ1) is 21.6. The van der Waals surface area contributed by atoms with E-state index in [4.69, 9.17) is 9.47 Å². The molecule has 0 saturated carbocycles. The number of rotatable bonds is 9. The second kappa shape index (κ2) is 9.03. The predicted molar refractivity (Wildman–Crippen MR) is 102 cm³/mol. The van der Waals surface area contributed by atoms with E-state index >= 15 is 0 Å². The van der Waals surface area contributed by atoms with Crippen molar-refractivity contribution in [3.05, 3.63) is 54.3 Å². The van der Waals surface area contributed by atoms with Gasteiger partial charge in [-0.25, -0.2) is 17.5 Å². The van der Waals surface area contributed by atoms with Gasteiger partial charge in [-0.3, -0.25) is 4.79 Å². The van der Waals surface area contributed by atoms with Crippen LogP contribution in [-0.4, -0.2) is 40.1 Å². The number of ether oxygens (including phenoxy) is 2. The van der Waals surface area contributed by atoms with Crippen LogP contribution in [0.4, 0.5) is 4.39 Å². The van der Waals surface area contributed by atoms with E-state index in [2.05, 4.69) is 10.0 Å². The molecule has 9 heteroatoms. The zero-order valence-corrected chi connectivity index (χ0v) is 16.7. The number of sulfonamides is 1. The molecule has 2 aromatic carbocycles. The number of halogens is 1. The third kappa shape index (κ3) is 5.93. The first-order valence-electron chi connectivity index (χ1n) is 8.51. The van der Waals surface area contributed by atoms with E-state index in [1.807, 2.05) is 0 Å². The summed E-state index contributed by atoms with van der Waals surface area (Å²) in [5.41, 5.74) is -1.22. The molecule has 0 aliphatic heterocycles. The third-order valence-electron chi connectivity index (χ3n) is 3.81. The van der Waals surface area contributed by atoms with E-state index in [0.29, 0.717) is 11.5 Å². The molecule has 1 amide bonds. The highest BCUT2D eigenvalue weighted by Crippen LogP contribution is 2.19. The van der Waals surface area contributed by atoms with Crippen molar-refractivity contribution in [2.45, 2.75) is 24.3 Å². The predicted octanol–water partition coefficient (Wildman–Crippen LogP) is 2.09. The van der Waals surface area contributed by atoms with Gasteiger partial charge >= 0.3 is 0 Å². The van der Waals surface area contributed by atoms with Gasteiger partial charge in [-0.2, -0.15) is 0 Å². The van der Waals surface area contributed by atoms with Crippen LogP contribution in [0.3, 0.4) is 0 Å². The lowest BCUT2D eigenvalue weighted by Gasteiger charge is -2.25. The molecule has 28 heavy (non-hydrogen) atoms. The van der Waals surface area contributed by atoms with E-state index < -0.39 is 27.3 Å². The van der Waals surface area contributed by atoms with Gasteiger partial charge in [0.2, 0.25) is 10.0 Å². The molecule has 2 N–H and O–H groups in total. The van der Waals surface area contributed by atoms with E-state index in [9.17, 15) is 17.6 Å². The molecule has 152 valence electrons. The van der Waals surface area contributed by atoms with Crippen molar-refractivity contribution < 1.29 is 27.1 Å². The number of carbonyl (C=O) groups excluding carboxylic acids is 1. The fraction of sp³-hybridized carbons (Fsp3) is 0.316. The van der Waals surface area contributed by atoms with Crippen molar-refractivity contribution in [2.75, 3.05) is 20.2 Å². The Balaban J connectivity index is 1.84. The van der Waals surface area contributed by atoms with Gasteiger partial charge in [-0.1, -0.05) is 0 Å². The van der Waals surface area contributed by atoms with Crippen LogP contribution >= 0.6 is 0 Å². The molecular weight excluding hydrogens is 387 g/mol. The lowest BCUT2D eigenvalue weighted by atomic mass is 10.1. The van der Waals surface area contributed by atoms with Crippen LogP contribution in [-0.2, 0) is 14.8 Å². The first-order chi connectivity index (χ1) is 13.1. The summed E-state index contributed by atoms with van der Waals surface area (Å²) in [4.78, 5) is 12.4. The zero-order chi connectivity index (χ0) is 20.8. The van der Waals surface area contributed by atoms with Crippen molar-refractivity contribution in [1.82, 2.24) is 10.0 Å². The van der Waals surface area contributed by atoms with Gasteiger partial charge in [0.1, 0.15) is 17.3 Å². The highest BCUT2D eigenvalue weighted by Gasteiger charge is 2.29. The molecule has 0 saturated heterocycles. The van der Waals surface area contributed by atoms with Crippen molar-refractivity contribution in [3.8, 4) is 11.5 Å². The number of benzene rings is 2. The fourth-order valence-corrected chi connectivity index (χ4v) is 3.29. The SMILES string of the molecule is COc1ccc(S(=O)(=O)NCCNC(=O)C(C)(C)Oc2ccc(F)cc2)cc1. The normalized spacial score (nSPS) is 11.7. The minimum atomic E-state index is -3.69. The van der Waals surface area contributed by atoms with Crippen LogP contribution in [0.15, 0.2) is 53.4 Å². The van der Waals surface area contributed by atoms with Gasteiger partial charge in [0, 0.05) is 13.1 Å². The minimum Gasteiger partial charge on any atom is -0.497 e. The summed E-state index contributed by atoms with van der Waals surface area (Å²) in [5, 5.41) is 2.61. The molecule has 7 nitrogen and oxygen atoms in total. The molecule has 0 atom stereocenters. The number of amides is 1. The molecule has 2 rings (SSSR count). The first-order valence-corrected chi connectivity index (χ1v) is 9.99. The fourth-order valence-electron chi connectivity index (χ4n) is 2.26. The zero-order valence-electron chi connectivity index (χ0n) is 15.9. The van der Waals surface area contributed by atoms with Crippen LogP contribution in [0.1, 0.15) is 13.8 Å². The Bertz CT molecular complexity index is 897. The van der Waals surface area contributed by atoms with Gasteiger partial charge in [0.15, 0.2) is 5.60 Å². The number of nitrogens with one attached hydrogen (secondary N) is 2. The lowest BCUT2D eigenvalue weighted by Crippen LogP contribution is -2.48. The number of hydrogen-bond donors (Lipinski definition) is 2. The highest BCUT2D eigenvalue weighted by molar-refractivity contribution is 7.89. The van der Waals surface area contributed by atoms with Crippen molar-refractivity contribution in [3.63, 3.8) is 0 Å². The van der Waals surface area contributed by atoms with Gasteiger partial charge in [0.05, 0.1) is 12.0 Å². The average Bonchev–Trinajstić information content (AvgIpc) is 2.66. The van der Waals surface area contributed by atoms with E-state index in [-0.39, 0.29) is 18.0 Å². The van der Waals surface area contributed by atoms with E-state index in [1.165, 1.54) is 43.5 Å². The Morgan fingerprint density at radius 1 is 1.00 bits per heavy atom. The minimum absolute atomic E-state index is 0.00668. The Hall–Kier alpha value is -2.65. The largest absolute Gasteiger partial charge is 0.497 e. The molecule has 0 fully saturated rings. The Morgan fingerprint density at radius 2 is 1.57 bits per heavy atom. The summed E-state index contributed by atoms with van der Waals surface area (Å²) < 4.78 is 50.4. The Morgan fingerprint density at radius 3 is 2.14 bits per heavy atom. The number of carbonyl (C=O) groups is 1. The monoisotopic (exact) mass is 410 g/mol. The van der Waals surface area contributed by atoms with E-state index in [0.717, 1.165) is 0 Å². The van der Waals surface area contributed by atoms with Crippen molar-refractivity contribution in [1.29, 1.82) is 0 Å². The van der Waals surface area contributed by atoms with Crippen LogP contribution in [0, 0.1) is 5.82 Å². The van der Waals surface area contributed by atoms with Crippen molar-refractivity contribution in [2.24, 2.45) is 0 Å². The Kier molecular flexibility index (Phi) is 6.98.